The number of aryl methyl sites for hydroxylation is 1. The fraction of sp³-hybridized carbons (Fsp3) is 0.294. The molecule has 1 fully saturated rings. The van der Waals surface area contributed by atoms with Crippen molar-refractivity contribution in [2.45, 2.75) is 18.8 Å². The first-order valence-electron chi connectivity index (χ1n) is 6.95. The molecule has 0 spiro atoms. The van der Waals surface area contributed by atoms with Crippen LogP contribution >= 0.6 is 0 Å². The van der Waals surface area contributed by atoms with E-state index < -0.39 is 0 Å². The van der Waals surface area contributed by atoms with Gasteiger partial charge in [-0.25, -0.2) is 0 Å². The first-order chi connectivity index (χ1) is 9.66. The Labute approximate surface area is 118 Å². The zero-order valence-electron chi connectivity index (χ0n) is 11.5. The Morgan fingerprint density at radius 2 is 1.70 bits per heavy atom. The minimum atomic E-state index is -0.0628. The van der Waals surface area contributed by atoms with E-state index in [-0.39, 0.29) is 11.5 Å². The van der Waals surface area contributed by atoms with Gasteiger partial charge in [-0.05, 0) is 35.7 Å². The molecule has 3 N–H and O–H groups in total. The first-order valence-corrected chi connectivity index (χ1v) is 6.95. The monoisotopic (exact) mass is 269 g/mol. The van der Waals surface area contributed by atoms with Crippen LogP contribution in [0.3, 0.4) is 0 Å². The van der Waals surface area contributed by atoms with E-state index in [1.807, 2.05) is 6.07 Å². The van der Waals surface area contributed by atoms with Crippen molar-refractivity contribution in [3.05, 3.63) is 59.2 Å². The van der Waals surface area contributed by atoms with Crippen LogP contribution in [-0.4, -0.2) is 23.3 Å². The maximum absolute atomic E-state index is 9.70. The summed E-state index contributed by atoms with van der Waals surface area (Å²) < 4.78 is 0. The number of phenols is 2. The zero-order valence-corrected chi connectivity index (χ0v) is 11.5. The number of hydrogen-bond donors (Lipinski definition) is 3. The zero-order chi connectivity index (χ0) is 14.1. The Bertz CT molecular complexity index is 624. The molecule has 0 saturated carbocycles. The van der Waals surface area contributed by atoms with Gasteiger partial charge in [0.25, 0.3) is 0 Å². The summed E-state index contributed by atoms with van der Waals surface area (Å²) in [7, 11) is 0. The van der Waals surface area contributed by atoms with E-state index in [0.29, 0.717) is 11.8 Å². The van der Waals surface area contributed by atoms with Gasteiger partial charge in [0.15, 0.2) is 11.5 Å². The average Bonchev–Trinajstić information content (AvgIpc) is 2.91. The third-order valence-electron chi connectivity index (χ3n) is 4.23. The number of aromatic hydroxyl groups is 2. The van der Waals surface area contributed by atoms with E-state index in [0.717, 1.165) is 18.7 Å². The van der Waals surface area contributed by atoms with Crippen molar-refractivity contribution in [1.82, 2.24) is 5.32 Å². The molecule has 0 aliphatic carbocycles. The molecule has 3 nitrogen and oxygen atoms in total. The van der Waals surface area contributed by atoms with E-state index in [4.69, 9.17) is 0 Å². The van der Waals surface area contributed by atoms with Gasteiger partial charge in [-0.1, -0.05) is 30.3 Å². The quantitative estimate of drug-likeness (QED) is 0.735. The average molecular weight is 269 g/mol. The minimum absolute atomic E-state index is 0.0436. The molecule has 0 aromatic heterocycles. The molecular formula is C17H19NO2. The fourth-order valence-corrected chi connectivity index (χ4v) is 3.13. The van der Waals surface area contributed by atoms with Gasteiger partial charge >= 0.3 is 0 Å². The largest absolute Gasteiger partial charge is 0.504 e. The summed E-state index contributed by atoms with van der Waals surface area (Å²) in [5.41, 5.74) is 3.72. The lowest BCUT2D eigenvalue weighted by atomic mass is 9.82. The summed E-state index contributed by atoms with van der Waals surface area (Å²) in [6.07, 6.45) is 0. The van der Waals surface area contributed by atoms with Gasteiger partial charge in [-0.3, -0.25) is 0 Å². The highest BCUT2D eigenvalue weighted by molar-refractivity contribution is 5.44. The molecule has 104 valence electrons. The fourth-order valence-electron chi connectivity index (χ4n) is 3.13. The smallest absolute Gasteiger partial charge is 0.157 e. The lowest BCUT2D eigenvalue weighted by Crippen LogP contribution is -2.10. The second kappa shape index (κ2) is 5.17. The van der Waals surface area contributed by atoms with Crippen LogP contribution in [0.4, 0.5) is 0 Å². The molecule has 2 aromatic carbocycles. The van der Waals surface area contributed by atoms with E-state index >= 15 is 0 Å². The molecule has 0 amide bonds. The maximum atomic E-state index is 9.70. The molecule has 1 heterocycles. The van der Waals surface area contributed by atoms with Crippen LogP contribution in [0.2, 0.25) is 0 Å². The second-order valence-electron chi connectivity index (χ2n) is 5.48. The Hall–Kier alpha value is -2.00. The normalized spacial score (nSPS) is 22.1. The predicted octanol–water partition coefficient (Wildman–Crippen LogP) is 2.88. The SMILES string of the molecule is Cc1ccccc1[C@H]1CNC[C@@H]1c1ccc(O)c(O)c1. The van der Waals surface area contributed by atoms with E-state index in [2.05, 4.69) is 36.5 Å². The van der Waals surface area contributed by atoms with Gasteiger partial charge in [0.1, 0.15) is 0 Å². The molecule has 0 radical (unpaired) electrons. The summed E-state index contributed by atoms with van der Waals surface area (Å²) in [5.74, 6) is 0.618. The van der Waals surface area contributed by atoms with E-state index in [9.17, 15) is 10.2 Å². The molecule has 1 saturated heterocycles. The van der Waals surface area contributed by atoms with Crippen LogP contribution in [-0.2, 0) is 0 Å². The van der Waals surface area contributed by atoms with Crippen LogP contribution in [0.1, 0.15) is 28.5 Å². The van der Waals surface area contributed by atoms with Crippen molar-refractivity contribution in [3.8, 4) is 11.5 Å². The van der Waals surface area contributed by atoms with Crippen LogP contribution in [0.5, 0.6) is 11.5 Å². The van der Waals surface area contributed by atoms with Crippen LogP contribution in [0.15, 0.2) is 42.5 Å². The molecule has 0 bridgehead atoms. The van der Waals surface area contributed by atoms with Crippen LogP contribution in [0.25, 0.3) is 0 Å². The molecule has 1 aliphatic heterocycles. The number of rotatable bonds is 2. The van der Waals surface area contributed by atoms with Gasteiger partial charge in [0.2, 0.25) is 0 Å². The summed E-state index contributed by atoms with van der Waals surface area (Å²) in [6, 6.07) is 13.6. The highest BCUT2D eigenvalue weighted by Gasteiger charge is 2.30. The second-order valence-corrected chi connectivity index (χ2v) is 5.48. The Balaban J connectivity index is 1.96. The van der Waals surface area contributed by atoms with Crippen molar-refractivity contribution in [3.63, 3.8) is 0 Å². The number of phenolic OH excluding ortho intramolecular Hbond substituents is 2. The molecule has 20 heavy (non-hydrogen) atoms. The first kappa shape index (κ1) is 13.0. The summed E-state index contributed by atoms with van der Waals surface area (Å²) in [5, 5.41) is 22.6. The maximum Gasteiger partial charge on any atom is 0.157 e. The topological polar surface area (TPSA) is 52.5 Å². The molecule has 1 aliphatic rings. The van der Waals surface area contributed by atoms with Crippen molar-refractivity contribution in [2.24, 2.45) is 0 Å². The van der Waals surface area contributed by atoms with E-state index in [1.165, 1.54) is 11.1 Å². The van der Waals surface area contributed by atoms with Crippen molar-refractivity contribution in [1.29, 1.82) is 0 Å². The Kier molecular flexibility index (Phi) is 3.36. The number of benzene rings is 2. The summed E-state index contributed by atoms with van der Waals surface area (Å²) in [4.78, 5) is 0. The molecule has 0 unspecified atom stereocenters. The molecule has 3 rings (SSSR count). The van der Waals surface area contributed by atoms with Gasteiger partial charge in [-0.15, -0.1) is 0 Å². The molecular weight excluding hydrogens is 250 g/mol. The number of hydrogen-bond acceptors (Lipinski definition) is 3. The third-order valence-corrected chi connectivity index (χ3v) is 4.23. The summed E-state index contributed by atoms with van der Waals surface area (Å²) >= 11 is 0. The molecule has 2 aromatic rings. The molecule has 3 heteroatoms. The lowest BCUT2D eigenvalue weighted by Gasteiger charge is -2.21. The van der Waals surface area contributed by atoms with Crippen molar-refractivity contribution < 1.29 is 10.2 Å². The van der Waals surface area contributed by atoms with Gasteiger partial charge in [-0.2, -0.15) is 0 Å². The van der Waals surface area contributed by atoms with Crippen molar-refractivity contribution >= 4 is 0 Å². The van der Waals surface area contributed by atoms with E-state index in [1.54, 1.807) is 12.1 Å². The number of nitrogens with one attached hydrogen (secondary N) is 1. The highest BCUT2D eigenvalue weighted by Crippen LogP contribution is 2.39. The Morgan fingerprint density at radius 1 is 0.950 bits per heavy atom. The predicted molar refractivity (Wildman–Crippen MR) is 79.3 cm³/mol. The standard InChI is InChI=1S/C17H19NO2/c1-11-4-2-3-5-13(11)15-10-18-9-14(15)12-6-7-16(19)17(20)8-12/h2-8,14-15,18-20H,9-10H2,1H3/t14-,15-/m1/s1. The lowest BCUT2D eigenvalue weighted by molar-refractivity contribution is 0.402. The molecule has 2 atom stereocenters. The Morgan fingerprint density at radius 3 is 2.45 bits per heavy atom. The third kappa shape index (κ3) is 2.25. The van der Waals surface area contributed by atoms with Gasteiger partial charge < -0.3 is 15.5 Å². The summed E-state index contributed by atoms with van der Waals surface area (Å²) in [6.45, 7) is 3.97. The minimum Gasteiger partial charge on any atom is -0.504 e. The highest BCUT2D eigenvalue weighted by atomic mass is 16.3. The van der Waals surface area contributed by atoms with Crippen LogP contribution in [0, 0.1) is 6.92 Å². The van der Waals surface area contributed by atoms with Crippen LogP contribution < -0.4 is 5.32 Å². The van der Waals surface area contributed by atoms with Gasteiger partial charge in [0, 0.05) is 24.9 Å². The van der Waals surface area contributed by atoms with Crippen molar-refractivity contribution in [2.75, 3.05) is 13.1 Å². The van der Waals surface area contributed by atoms with Gasteiger partial charge in [0.05, 0.1) is 0 Å².